The van der Waals surface area contributed by atoms with Gasteiger partial charge in [0, 0.05) is 38.7 Å². The second-order valence-electron chi connectivity index (χ2n) is 8.62. The maximum Gasteiger partial charge on any atom is 0.258 e. The van der Waals surface area contributed by atoms with Crippen LogP contribution in [-0.4, -0.2) is 61.0 Å². The van der Waals surface area contributed by atoms with Crippen LogP contribution < -0.4 is 20.6 Å². The molecule has 0 saturated carbocycles. The molecule has 2 aromatic heterocycles. The number of ether oxygens (including phenoxy) is 4. The predicted molar refractivity (Wildman–Crippen MR) is 138 cm³/mol. The molecule has 1 aromatic carbocycles. The number of aromatic hydroxyl groups is 2. The molecule has 10 nitrogen and oxygen atoms in total. The van der Waals surface area contributed by atoms with Crippen molar-refractivity contribution in [3.63, 3.8) is 0 Å². The molecular formula is C27H34N2O8. The molecule has 10 heteroatoms. The van der Waals surface area contributed by atoms with Crippen LogP contribution in [0.15, 0.2) is 39.9 Å². The predicted octanol–water partition coefficient (Wildman–Crippen LogP) is 2.53. The van der Waals surface area contributed by atoms with Gasteiger partial charge in [0.05, 0.1) is 44.5 Å². The van der Waals surface area contributed by atoms with Crippen molar-refractivity contribution in [2.45, 2.75) is 32.9 Å². The summed E-state index contributed by atoms with van der Waals surface area (Å²) in [5, 5.41) is 22.2. The molecule has 0 saturated heterocycles. The van der Waals surface area contributed by atoms with Crippen LogP contribution in [0.4, 0.5) is 0 Å². The zero-order valence-corrected chi connectivity index (χ0v) is 22.0. The van der Waals surface area contributed by atoms with Gasteiger partial charge in [-0.15, -0.1) is 0 Å². The Balaban J connectivity index is 2.43. The zero-order valence-electron chi connectivity index (χ0n) is 22.0. The molecule has 200 valence electrons. The number of nitrogens with zero attached hydrogens (tertiary/aromatic N) is 2. The summed E-state index contributed by atoms with van der Waals surface area (Å²) in [6.45, 7) is 4.42. The Morgan fingerprint density at radius 3 is 1.59 bits per heavy atom. The lowest BCUT2D eigenvalue weighted by Gasteiger charge is -2.24. The largest absolute Gasteiger partial charge is 0.507 e. The van der Waals surface area contributed by atoms with Crippen molar-refractivity contribution in [3.8, 4) is 23.0 Å². The minimum absolute atomic E-state index is 0.0523. The van der Waals surface area contributed by atoms with Crippen molar-refractivity contribution in [1.82, 2.24) is 9.13 Å². The first kappa shape index (κ1) is 27.8. The Morgan fingerprint density at radius 1 is 0.730 bits per heavy atom. The summed E-state index contributed by atoms with van der Waals surface area (Å²) in [6.07, 6.45) is 0. The van der Waals surface area contributed by atoms with Gasteiger partial charge in [0.1, 0.15) is 11.5 Å². The van der Waals surface area contributed by atoms with Crippen LogP contribution in [0.3, 0.4) is 0 Å². The lowest BCUT2D eigenvalue weighted by molar-refractivity contribution is 0.185. The van der Waals surface area contributed by atoms with Crippen molar-refractivity contribution < 1.29 is 29.2 Å². The fourth-order valence-electron chi connectivity index (χ4n) is 4.51. The first-order chi connectivity index (χ1) is 17.7. The number of methoxy groups -OCH3 is 4. The highest BCUT2D eigenvalue weighted by Crippen LogP contribution is 2.40. The van der Waals surface area contributed by atoms with Crippen molar-refractivity contribution in [1.29, 1.82) is 0 Å². The molecule has 0 spiro atoms. The number of rotatable bonds is 11. The Morgan fingerprint density at radius 2 is 1.19 bits per heavy atom. The van der Waals surface area contributed by atoms with E-state index in [0.717, 1.165) is 0 Å². The lowest BCUT2D eigenvalue weighted by Crippen LogP contribution is -2.33. The number of aromatic nitrogens is 2. The molecule has 3 aromatic rings. The second-order valence-corrected chi connectivity index (χ2v) is 8.62. The Labute approximate surface area is 215 Å². The van der Waals surface area contributed by atoms with Crippen LogP contribution in [0.2, 0.25) is 0 Å². The lowest BCUT2D eigenvalue weighted by atomic mass is 9.84. The highest BCUT2D eigenvalue weighted by atomic mass is 16.5. The molecule has 3 rings (SSSR count). The van der Waals surface area contributed by atoms with Gasteiger partial charge in [-0.2, -0.15) is 0 Å². The first-order valence-corrected chi connectivity index (χ1v) is 11.8. The molecule has 0 aliphatic heterocycles. The fourth-order valence-corrected chi connectivity index (χ4v) is 4.51. The Kier molecular flexibility index (Phi) is 9.01. The number of hydrogen-bond donors (Lipinski definition) is 2. The highest BCUT2D eigenvalue weighted by Gasteiger charge is 2.31. The monoisotopic (exact) mass is 514 g/mol. The molecule has 0 aliphatic rings. The van der Waals surface area contributed by atoms with Gasteiger partial charge in [0.15, 0.2) is 11.5 Å². The third-order valence-electron chi connectivity index (χ3n) is 6.40. The molecule has 2 heterocycles. The topological polar surface area (TPSA) is 121 Å². The average Bonchev–Trinajstić information content (AvgIpc) is 2.86. The van der Waals surface area contributed by atoms with Crippen LogP contribution in [0, 0.1) is 13.8 Å². The standard InChI is InChI=1S/C27H34N2O8/c1-16-13-19(30)24(26(32)28(16)9-11-34-3)23(18-7-8-21(36-5)22(15-18)37-6)25-20(31)14-17(2)29(27(25)33)10-12-35-4/h7-8,13-15,23,30-31H,9-12H2,1-6H3. The van der Waals surface area contributed by atoms with Crippen molar-refractivity contribution >= 4 is 0 Å². The molecule has 0 bridgehead atoms. The number of benzene rings is 1. The third kappa shape index (κ3) is 5.50. The van der Waals surface area contributed by atoms with Crippen molar-refractivity contribution in [2.24, 2.45) is 0 Å². The smallest absolute Gasteiger partial charge is 0.258 e. The van der Waals surface area contributed by atoms with E-state index in [0.29, 0.717) is 28.5 Å². The molecular weight excluding hydrogens is 480 g/mol. The quantitative estimate of drug-likeness (QED) is 0.400. The van der Waals surface area contributed by atoms with E-state index in [4.69, 9.17) is 18.9 Å². The SMILES string of the molecule is COCCn1c(C)cc(O)c(C(c2ccc(OC)c(OC)c2)c2c(O)cc(C)n(CCOC)c2=O)c1=O. The van der Waals surface area contributed by atoms with E-state index in [1.165, 1.54) is 49.7 Å². The van der Waals surface area contributed by atoms with Crippen molar-refractivity contribution in [2.75, 3.05) is 41.7 Å². The van der Waals surface area contributed by atoms with E-state index in [9.17, 15) is 19.8 Å². The van der Waals surface area contributed by atoms with E-state index in [2.05, 4.69) is 0 Å². The summed E-state index contributed by atoms with van der Waals surface area (Å²) in [4.78, 5) is 27.6. The summed E-state index contributed by atoms with van der Waals surface area (Å²) in [6, 6.07) is 7.87. The van der Waals surface area contributed by atoms with Gasteiger partial charge < -0.3 is 38.3 Å². The molecule has 0 unspecified atom stereocenters. The first-order valence-electron chi connectivity index (χ1n) is 11.8. The van der Waals surface area contributed by atoms with E-state index in [1.807, 2.05) is 0 Å². The minimum atomic E-state index is -1.12. The van der Waals surface area contributed by atoms with Gasteiger partial charge >= 0.3 is 0 Å². The molecule has 0 amide bonds. The van der Waals surface area contributed by atoms with Crippen LogP contribution in [0.25, 0.3) is 0 Å². The summed E-state index contributed by atoms with van der Waals surface area (Å²) < 4.78 is 24.1. The minimum Gasteiger partial charge on any atom is -0.507 e. The van der Waals surface area contributed by atoms with E-state index >= 15 is 0 Å². The molecule has 0 radical (unpaired) electrons. The van der Waals surface area contributed by atoms with Crippen LogP contribution in [0.1, 0.15) is 34.0 Å². The normalized spacial score (nSPS) is 11.2. The molecule has 0 aliphatic carbocycles. The van der Waals surface area contributed by atoms with Crippen molar-refractivity contribution in [3.05, 3.63) is 79.1 Å². The van der Waals surface area contributed by atoms with Gasteiger partial charge in [-0.1, -0.05) is 6.07 Å². The van der Waals surface area contributed by atoms with Crippen LogP contribution >= 0.6 is 0 Å². The third-order valence-corrected chi connectivity index (χ3v) is 6.40. The maximum absolute atomic E-state index is 13.8. The average molecular weight is 515 g/mol. The van der Waals surface area contributed by atoms with Gasteiger partial charge in [0.25, 0.3) is 11.1 Å². The molecule has 0 fully saturated rings. The maximum atomic E-state index is 13.8. The number of pyridine rings is 2. The van der Waals surface area contributed by atoms with Crippen LogP contribution in [0.5, 0.6) is 23.0 Å². The van der Waals surface area contributed by atoms with Gasteiger partial charge in [-0.25, -0.2) is 0 Å². The van der Waals surface area contributed by atoms with Gasteiger partial charge in [-0.05, 0) is 43.7 Å². The van der Waals surface area contributed by atoms with Crippen LogP contribution in [-0.2, 0) is 22.6 Å². The van der Waals surface area contributed by atoms with E-state index < -0.39 is 17.0 Å². The summed E-state index contributed by atoms with van der Waals surface area (Å²) in [7, 11) is 6.02. The highest BCUT2D eigenvalue weighted by molar-refractivity contribution is 5.55. The van der Waals surface area contributed by atoms with E-state index in [-0.39, 0.29) is 48.9 Å². The summed E-state index contributed by atoms with van der Waals surface area (Å²) >= 11 is 0. The summed E-state index contributed by atoms with van der Waals surface area (Å²) in [5.41, 5.74) is 0.392. The van der Waals surface area contributed by atoms with Gasteiger partial charge in [-0.3, -0.25) is 9.59 Å². The Bertz CT molecular complexity index is 1300. The molecule has 0 atom stereocenters. The molecule has 37 heavy (non-hydrogen) atoms. The summed E-state index contributed by atoms with van der Waals surface area (Å²) in [5.74, 6) is -0.898. The number of hydrogen-bond acceptors (Lipinski definition) is 8. The second kappa shape index (κ2) is 12.0. The van der Waals surface area contributed by atoms with E-state index in [1.54, 1.807) is 32.0 Å². The molecule has 2 N–H and O–H groups in total. The Hall–Kier alpha value is -3.76. The zero-order chi connectivity index (χ0) is 27.3. The fraction of sp³-hybridized carbons (Fsp3) is 0.407. The number of aryl methyl sites for hydroxylation is 2. The van der Waals surface area contributed by atoms with Gasteiger partial charge in [0.2, 0.25) is 0 Å².